The fourth-order valence-electron chi connectivity index (χ4n) is 3.43. The molecular weight excluding hydrogens is 508 g/mol. The van der Waals surface area contributed by atoms with Gasteiger partial charge in [0.15, 0.2) is 0 Å². The van der Waals surface area contributed by atoms with Gasteiger partial charge < -0.3 is 43.0 Å². The monoisotopic (exact) mass is 566 g/mol. The first-order chi connectivity index (χ1) is 19.2. The van der Waals surface area contributed by atoms with Crippen molar-refractivity contribution in [3.05, 3.63) is 0 Å². The number of hydrogen-bond acceptors (Lipinski definition) is 10. The van der Waals surface area contributed by atoms with E-state index in [1.54, 1.807) is 0 Å². The van der Waals surface area contributed by atoms with Crippen molar-refractivity contribution in [1.82, 2.24) is 0 Å². The number of aliphatic hydroxyl groups is 1. The molecule has 0 rings (SSSR count). The zero-order valence-electron chi connectivity index (χ0n) is 24.9. The van der Waals surface area contributed by atoms with E-state index in [-0.39, 0.29) is 13.2 Å². The third-order valence-corrected chi connectivity index (χ3v) is 5.69. The second-order valence-electron chi connectivity index (χ2n) is 9.31. The number of unbranched alkanes of at least 4 members (excludes halogenated alkanes) is 9. The smallest absolute Gasteiger partial charge is 0.334 e. The van der Waals surface area contributed by atoms with Gasteiger partial charge in [-0.05, 0) is 13.3 Å². The zero-order chi connectivity index (χ0) is 28.5. The van der Waals surface area contributed by atoms with E-state index in [9.17, 15) is 4.79 Å². The Morgan fingerprint density at radius 2 is 0.744 bits per heavy atom. The van der Waals surface area contributed by atoms with Crippen LogP contribution in [-0.4, -0.2) is 116 Å². The molecule has 39 heavy (non-hydrogen) atoms. The number of aliphatic hydroxyl groups excluding tert-OH is 1. The summed E-state index contributed by atoms with van der Waals surface area (Å²) in [5.41, 5.74) is 0. The van der Waals surface area contributed by atoms with Crippen molar-refractivity contribution in [2.24, 2.45) is 0 Å². The minimum atomic E-state index is -1.11. The van der Waals surface area contributed by atoms with Crippen molar-refractivity contribution >= 4 is 5.97 Å². The van der Waals surface area contributed by atoms with Gasteiger partial charge in [0.05, 0.1) is 85.9 Å². The minimum absolute atomic E-state index is 0.112. The molecule has 0 saturated carbocycles. The maximum absolute atomic E-state index is 11.0. The Morgan fingerprint density at radius 1 is 0.462 bits per heavy atom. The van der Waals surface area contributed by atoms with E-state index in [1.807, 2.05) is 0 Å². The molecule has 0 aromatic carbocycles. The Bertz CT molecular complexity index is 479. The molecule has 0 fully saturated rings. The lowest BCUT2D eigenvalue weighted by Gasteiger charge is -2.09. The number of rotatable bonds is 33. The Hall–Kier alpha value is -0.850. The van der Waals surface area contributed by atoms with Crippen LogP contribution in [0.2, 0.25) is 0 Å². The Balaban J connectivity index is 3.05. The average Bonchev–Trinajstić information content (AvgIpc) is 2.93. The molecule has 0 heterocycles. The molecule has 0 aliphatic carbocycles. The summed E-state index contributed by atoms with van der Waals surface area (Å²) in [4.78, 5) is 11.0. The van der Waals surface area contributed by atoms with Gasteiger partial charge in [0, 0.05) is 6.61 Å². The first-order valence-electron chi connectivity index (χ1n) is 15.1. The molecule has 0 radical (unpaired) electrons. The molecule has 0 aliphatic rings. The summed E-state index contributed by atoms with van der Waals surface area (Å²) in [5.74, 6) is -0.653. The van der Waals surface area contributed by atoms with E-state index in [0.29, 0.717) is 79.3 Å². The third-order valence-electron chi connectivity index (χ3n) is 5.69. The molecule has 0 amide bonds. The van der Waals surface area contributed by atoms with Gasteiger partial charge in [-0.25, -0.2) is 4.79 Å². The number of ether oxygens (including phenoxy) is 8. The largest absolute Gasteiger partial charge is 0.461 e. The van der Waals surface area contributed by atoms with Crippen LogP contribution in [0.25, 0.3) is 0 Å². The van der Waals surface area contributed by atoms with Gasteiger partial charge in [-0.2, -0.15) is 0 Å². The molecule has 10 nitrogen and oxygen atoms in total. The molecule has 0 unspecified atom stereocenters. The van der Waals surface area contributed by atoms with E-state index >= 15 is 0 Å². The first kappa shape index (κ1) is 38.1. The fraction of sp³-hybridized carbons (Fsp3) is 0.966. The van der Waals surface area contributed by atoms with Gasteiger partial charge in [-0.3, -0.25) is 0 Å². The van der Waals surface area contributed by atoms with E-state index in [1.165, 1.54) is 64.7 Å². The summed E-state index contributed by atoms with van der Waals surface area (Å²) in [5, 5.41) is 8.97. The van der Waals surface area contributed by atoms with Crippen molar-refractivity contribution in [1.29, 1.82) is 0 Å². The van der Waals surface area contributed by atoms with Crippen LogP contribution < -0.4 is 0 Å². The molecule has 0 aromatic heterocycles. The van der Waals surface area contributed by atoms with Crippen molar-refractivity contribution in [2.75, 3.05) is 99.1 Å². The Morgan fingerprint density at radius 3 is 1.08 bits per heavy atom. The molecule has 0 bridgehead atoms. The van der Waals surface area contributed by atoms with Crippen LogP contribution in [0.1, 0.15) is 78.1 Å². The van der Waals surface area contributed by atoms with Crippen molar-refractivity contribution < 1.29 is 47.8 Å². The molecule has 0 saturated heterocycles. The summed E-state index contributed by atoms with van der Waals surface area (Å²) < 4.78 is 42.9. The van der Waals surface area contributed by atoms with E-state index in [4.69, 9.17) is 43.0 Å². The molecule has 234 valence electrons. The predicted molar refractivity (Wildman–Crippen MR) is 150 cm³/mol. The predicted octanol–water partition coefficient (Wildman–Crippen LogP) is 3.95. The van der Waals surface area contributed by atoms with Crippen LogP contribution in [0, 0.1) is 0 Å². The van der Waals surface area contributed by atoms with Gasteiger partial charge in [0.1, 0.15) is 12.7 Å². The summed E-state index contributed by atoms with van der Waals surface area (Å²) >= 11 is 0. The van der Waals surface area contributed by atoms with Gasteiger partial charge in [0.2, 0.25) is 0 Å². The number of carbonyl (C=O) groups is 1. The second-order valence-corrected chi connectivity index (χ2v) is 9.31. The third kappa shape index (κ3) is 33.3. The van der Waals surface area contributed by atoms with E-state index in [2.05, 4.69) is 6.92 Å². The number of hydrogen-bond donors (Lipinski definition) is 1. The van der Waals surface area contributed by atoms with Crippen LogP contribution in [0.15, 0.2) is 0 Å². The van der Waals surface area contributed by atoms with Crippen LogP contribution in [0.4, 0.5) is 0 Å². The molecular formula is C29H58O10. The molecule has 0 aromatic rings. The lowest BCUT2D eigenvalue weighted by atomic mass is 10.1. The topological polar surface area (TPSA) is 111 Å². The highest BCUT2D eigenvalue weighted by molar-refractivity contribution is 5.73. The van der Waals surface area contributed by atoms with Crippen LogP contribution in [-0.2, 0) is 42.7 Å². The molecule has 10 heteroatoms. The SMILES string of the molecule is CCCCCCCCCCCCOCCOCCOCCOCCOCCOCCOCCOC(=O)[C@@H](C)O. The quantitative estimate of drug-likeness (QED) is 0.0926. The van der Waals surface area contributed by atoms with Crippen molar-refractivity contribution in [3.63, 3.8) is 0 Å². The van der Waals surface area contributed by atoms with Gasteiger partial charge in [-0.1, -0.05) is 64.7 Å². The fourth-order valence-corrected chi connectivity index (χ4v) is 3.43. The average molecular weight is 567 g/mol. The van der Waals surface area contributed by atoms with E-state index in [0.717, 1.165) is 13.0 Å². The molecule has 1 N–H and O–H groups in total. The standard InChI is InChI=1S/C29H58O10/c1-3-4-5-6-7-8-9-10-11-12-13-32-14-15-33-16-17-34-18-19-35-20-21-36-22-23-37-24-25-38-26-27-39-29(31)28(2)30/h28,30H,3-27H2,1-2H3/t28-/m1/s1. The summed E-state index contributed by atoms with van der Waals surface area (Å²) in [7, 11) is 0. The summed E-state index contributed by atoms with van der Waals surface area (Å²) in [6, 6.07) is 0. The van der Waals surface area contributed by atoms with Gasteiger partial charge >= 0.3 is 5.97 Å². The highest BCUT2D eigenvalue weighted by Crippen LogP contribution is 2.10. The zero-order valence-corrected chi connectivity index (χ0v) is 24.9. The summed E-state index contributed by atoms with van der Waals surface area (Å²) in [6.45, 7) is 11.0. The molecule has 0 aliphatic heterocycles. The second kappa shape index (κ2) is 33.4. The number of carbonyl (C=O) groups excluding carboxylic acids is 1. The first-order valence-corrected chi connectivity index (χ1v) is 15.1. The Labute approximate surface area is 237 Å². The van der Waals surface area contributed by atoms with Crippen molar-refractivity contribution in [3.8, 4) is 0 Å². The van der Waals surface area contributed by atoms with Gasteiger partial charge in [-0.15, -0.1) is 0 Å². The van der Waals surface area contributed by atoms with E-state index < -0.39 is 12.1 Å². The van der Waals surface area contributed by atoms with Crippen LogP contribution in [0.3, 0.4) is 0 Å². The van der Waals surface area contributed by atoms with Crippen LogP contribution >= 0.6 is 0 Å². The lowest BCUT2D eigenvalue weighted by molar-refractivity contribution is -0.154. The number of esters is 1. The molecule has 1 atom stereocenters. The summed E-state index contributed by atoms with van der Waals surface area (Å²) in [6.07, 6.45) is 12.3. The normalized spacial score (nSPS) is 12.2. The van der Waals surface area contributed by atoms with Gasteiger partial charge in [0.25, 0.3) is 0 Å². The van der Waals surface area contributed by atoms with Crippen molar-refractivity contribution in [2.45, 2.75) is 84.2 Å². The maximum Gasteiger partial charge on any atom is 0.334 e. The minimum Gasteiger partial charge on any atom is -0.461 e. The highest BCUT2D eigenvalue weighted by atomic mass is 16.6. The van der Waals surface area contributed by atoms with Crippen LogP contribution in [0.5, 0.6) is 0 Å². The Kier molecular flexibility index (Phi) is 32.6. The molecule has 0 spiro atoms. The lowest BCUT2D eigenvalue weighted by Crippen LogP contribution is -2.21. The highest BCUT2D eigenvalue weighted by Gasteiger charge is 2.09. The maximum atomic E-state index is 11.0.